The zero-order chi connectivity index (χ0) is 11.5. The van der Waals surface area contributed by atoms with Crippen LogP contribution in [0.4, 0.5) is 5.69 Å². The number of fused-ring (bicyclic) bond motifs is 1. The average molecular weight is 214 g/mol. The second-order valence-electron chi connectivity index (χ2n) is 3.80. The Morgan fingerprint density at radius 1 is 1.19 bits per heavy atom. The van der Waals surface area contributed by atoms with E-state index in [4.69, 9.17) is 5.73 Å². The summed E-state index contributed by atoms with van der Waals surface area (Å²) in [5.74, 6) is -0.170. The number of nitrogens with one attached hydrogen (secondary N) is 1. The monoisotopic (exact) mass is 214 g/mol. The van der Waals surface area contributed by atoms with Crippen LogP contribution in [0.3, 0.4) is 0 Å². The van der Waals surface area contributed by atoms with Crippen molar-refractivity contribution >= 4 is 22.4 Å². The Labute approximate surface area is 94.3 Å². The number of hydrogen-bond donors (Lipinski definition) is 2. The number of hydrogen-bond acceptors (Lipinski definition) is 2. The van der Waals surface area contributed by atoms with Crippen LogP contribution in [0.25, 0.3) is 10.8 Å². The minimum atomic E-state index is -0.501. The molecule has 3 heteroatoms. The Balaban J connectivity index is 2.41. The van der Waals surface area contributed by atoms with Crippen LogP contribution in [0, 0.1) is 0 Å². The number of carbonyl (C=O) groups is 1. The van der Waals surface area contributed by atoms with Crippen molar-refractivity contribution in [2.75, 3.05) is 5.32 Å². The summed E-state index contributed by atoms with van der Waals surface area (Å²) in [4.78, 5) is 11.5. The number of carbonyl (C=O) groups excluding carboxylic acids is 1. The van der Waals surface area contributed by atoms with Crippen molar-refractivity contribution < 1.29 is 4.79 Å². The molecule has 0 aliphatic heterocycles. The highest BCUT2D eigenvalue weighted by molar-refractivity contribution is 6.03. The Kier molecular flexibility index (Phi) is 2.88. The molecule has 0 spiro atoms. The van der Waals surface area contributed by atoms with E-state index in [9.17, 15) is 4.79 Å². The molecule has 3 nitrogen and oxygen atoms in total. The first kappa shape index (κ1) is 10.6. The van der Waals surface area contributed by atoms with Crippen LogP contribution < -0.4 is 11.1 Å². The van der Waals surface area contributed by atoms with Crippen LogP contribution in [0.5, 0.6) is 0 Å². The SMILES string of the molecule is CC(N)C(=O)Nc1cccc2ccccc12. The Morgan fingerprint density at radius 3 is 2.62 bits per heavy atom. The molecule has 1 amide bonds. The van der Waals surface area contributed by atoms with Crippen molar-refractivity contribution in [3.8, 4) is 0 Å². The molecular formula is C13H14N2O. The smallest absolute Gasteiger partial charge is 0.241 e. The lowest BCUT2D eigenvalue weighted by Crippen LogP contribution is -2.32. The van der Waals surface area contributed by atoms with Gasteiger partial charge in [-0.3, -0.25) is 4.79 Å². The molecule has 0 heterocycles. The molecule has 1 unspecified atom stereocenters. The molecule has 2 aromatic rings. The van der Waals surface area contributed by atoms with Crippen molar-refractivity contribution in [2.24, 2.45) is 5.73 Å². The molecule has 0 aliphatic rings. The van der Waals surface area contributed by atoms with Crippen LogP contribution in [0.15, 0.2) is 42.5 Å². The summed E-state index contributed by atoms with van der Waals surface area (Å²) in [6, 6.07) is 13.2. The third-order valence-corrected chi connectivity index (χ3v) is 2.46. The lowest BCUT2D eigenvalue weighted by atomic mass is 10.1. The van der Waals surface area contributed by atoms with Crippen LogP contribution in [0.2, 0.25) is 0 Å². The van der Waals surface area contributed by atoms with Gasteiger partial charge in [-0.1, -0.05) is 36.4 Å². The highest BCUT2D eigenvalue weighted by Crippen LogP contribution is 2.22. The predicted octanol–water partition coefficient (Wildman–Crippen LogP) is 2.13. The van der Waals surface area contributed by atoms with Crippen LogP contribution in [-0.2, 0) is 4.79 Å². The van der Waals surface area contributed by atoms with E-state index < -0.39 is 6.04 Å². The minimum Gasteiger partial charge on any atom is -0.324 e. The maximum Gasteiger partial charge on any atom is 0.241 e. The van der Waals surface area contributed by atoms with Crippen LogP contribution >= 0.6 is 0 Å². The van der Waals surface area contributed by atoms with Crippen molar-refractivity contribution in [1.82, 2.24) is 0 Å². The summed E-state index contributed by atoms with van der Waals surface area (Å²) in [5.41, 5.74) is 6.32. The van der Waals surface area contributed by atoms with Gasteiger partial charge in [0.15, 0.2) is 0 Å². The summed E-state index contributed by atoms with van der Waals surface area (Å²) < 4.78 is 0. The standard InChI is InChI=1S/C13H14N2O/c1-9(14)13(16)15-12-8-4-6-10-5-2-3-7-11(10)12/h2-9H,14H2,1H3,(H,15,16). The summed E-state index contributed by atoms with van der Waals surface area (Å²) in [5, 5.41) is 4.95. The number of benzene rings is 2. The summed E-state index contributed by atoms with van der Waals surface area (Å²) in [6.45, 7) is 1.67. The fourth-order valence-electron chi connectivity index (χ4n) is 1.58. The highest BCUT2D eigenvalue weighted by atomic mass is 16.2. The van der Waals surface area contributed by atoms with Crippen LogP contribution in [-0.4, -0.2) is 11.9 Å². The number of amides is 1. The van der Waals surface area contributed by atoms with Gasteiger partial charge < -0.3 is 11.1 Å². The molecule has 0 aromatic heterocycles. The minimum absolute atomic E-state index is 0.170. The van der Waals surface area contributed by atoms with E-state index in [1.807, 2.05) is 42.5 Å². The van der Waals surface area contributed by atoms with E-state index in [0.29, 0.717) is 0 Å². The third-order valence-electron chi connectivity index (χ3n) is 2.46. The molecule has 3 N–H and O–H groups in total. The molecule has 0 aliphatic carbocycles. The average Bonchev–Trinajstić information content (AvgIpc) is 2.29. The normalized spacial score (nSPS) is 12.4. The Bertz CT molecular complexity index is 515. The van der Waals surface area contributed by atoms with Crippen molar-refractivity contribution in [3.63, 3.8) is 0 Å². The summed E-state index contributed by atoms with van der Waals surface area (Å²) in [7, 11) is 0. The van der Waals surface area contributed by atoms with Crippen molar-refractivity contribution in [1.29, 1.82) is 0 Å². The first-order valence-electron chi connectivity index (χ1n) is 5.22. The molecule has 2 rings (SSSR count). The lowest BCUT2D eigenvalue weighted by Gasteiger charge is -2.10. The van der Waals surface area contributed by atoms with Gasteiger partial charge in [-0.05, 0) is 18.4 Å². The first-order valence-corrected chi connectivity index (χ1v) is 5.22. The molecule has 1 atom stereocenters. The van der Waals surface area contributed by atoms with E-state index >= 15 is 0 Å². The van der Waals surface area contributed by atoms with Gasteiger partial charge in [-0.25, -0.2) is 0 Å². The molecule has 16 heavy (non-hydrogen) atoms. The second-order valence-corrected chi connectivity index (χ2v) is 3.80. The summed E-state index contributed by atoms with van der Waals surface area (Å²) >= 11 is 0. The third kappa shape index (κ3) is 2.04. The fourth-order valence-corrected chi connectivity index (χ4v) is 1.58. The molecule has 0 saturated carbocycles. The molecule has 0 fully saturated rings. The van der Waals surface area contributed by atoms with E-state index in [1.54, 1.807) is 6.92 Å². The van der Waals surface area contributed by atoms with Crippen molar-refractivity contribution in [3.05, 3.63) is 42.5 Å². The molecule has 0 radical (unpaired) electrons. The Hall–Kier alpha value is -1.87. The van der Waals surface area contributed by atoms with Gasteiger partial charge in [0.25, 0.3) is 0 Å². The number of rotatable bonds is 2. The first-order chi connectivity index (χ1) is 7.68. The number of nitrogens with two attached hydrogens (primary N) is 1. The topological polar surface area (TPSA) is 55.1 Å². The largest absolute Gasteiger partial charge is 0.324 e. The van der Waals surface area contributed by atoms with Gasteiger partial charge >= 0.3 is 0 Å². The maximum absolute atomic E-state index is 11.5. The van der Waals surface area contributed by atoms with Gasteiger partial charge in [0.2, 0.25) is 5.91 Å². The fraction of sp³-hybridized carbons (Fsp3) is 0.154. The maximum atomic E-state index is 11.5. The predicted molar refractivity (Wildman–Crippen MR) is 66.2 cm³/mol. The highest BCUT2D eigenvalue weighted by Gasteiger charge is 2.08. The van der Waals surface area contributed by atoms with Gasteiger partial charge in [-0.15, -0.1) is 0 Å². The second kappa shape index (κ2) is 4.33. The van der Waals surface area contributed by atoms with Crippen molar-refractivity contribution in [2.45, 2.75) is 13.0 Å². The zero-order valence-corrected chi connectivity index (χ0v) is 9.10. The molecular weight excluding hydrogens is 200 g/mol. The Morgan fingerprint density at radius 2 is 1.88 bits per heavy atom. The zero-order valence-electron chi connectivity index (χ0n) is 9.10. The quantitative estimate of drug-likeness (QED) is 0.804. The van der Waals surface area contributed by atoms with Crippen LogP contribution in [0.1, 0.15) is 6.92 Å². The lowest BCUT2D eigenvalue weighted by molar-refractivity contribution is -0.117. The van der Waals surface area contributed by atoms with E-state index in [-0.39, 0.29) is 5.91 Å². The molecule has 2 aromatic carbocycles. The molecule has 0 saturated heterocycles. The van der Waals surface area contributed by atoms with Gasteiger partial charge in [-0.2, -0.15) is 0 Å². The van der Waals surface area contributed by atoms with Gasteiger partial charge in [0.05, 0.1) is 6.04 Å². The van der Waals surface area contributed by atoms with E-state index in [2.05, 4.69) is 5.32 Å². The number of anilines is 1. The summed E-state index contributed by atoms with van der Waals surface area (Å²) in [6.07, 6.45) is 0. The molecule has 82 valence electrons. The molecule has 0 bridgehead atoms. The van der Waals surface area contributed by atoms with E-state index in [1.165, 1.54) is 0 Å². The van der Waals surface area contributed by atoms with E-state index in [0.717, 1.165) is 16.5 Å². The van der Waals surface area contributed by atoms with Gasteiger partial charge in [0, 0.05) is 11.1 Å². The van der Waals surface area contributed by atoms with Gasteiger partial charge in [0.1, 0.15) is 0 Å².